The van der Waals surface area contributed by atoms with Crippen LogP contribution in [0.5, 0.6) is 0 Å². The van der Waals surface area contributed by atoms with Crippen molar-refractivity contribution < 1.29 is 0 Å². The highest BCUT2D eigenvalue weighted by Gasteiger charge is 2.23. The van der Waals surface area contributed by atoms with Gasteiger partial charge in [0.15, 0.2) is 0 Å². The van der Waals surface area contributed by atoms with Crippen LogP contribution in [-0.2, 0) is 6.42 Å². The second-order valence-electron chi connectivity index (χ2n) is 10.9. The first-order valence-corrected chi connectivity index (χ1v) is 14.7. The summed E-state index contributed by atoms with van der Waals surface area (Å²) in [4.78, 5) is 0. The first-order valence-electron chi connectivity index (χ1n) is 14.7. The molecule has 1 aliphatic carbocycles. The van der Waals surface area contributed by atoms with Crippen LogP contribution in [0.2, 0.25) is 0 Å². The fraction of sp³-hybridized carbons (Fsp3) is 0.263. The zero-order chi connectivity index (χ0) is 26.6. The van der Waals surface area contributed by atoms with Crippen molar-refractivity contribution in [2.45, 2.75) is 64.7 Å². The second kappa shape index (κ2) is 11.4. The molecule has 4 aromatic carbocycles. The number of unbranched alkanes of at least 4 members (excludes halogenated alkanes) is 3. The normalized spacial score (nSPS) is 13.3. The average molecular weight is 508 g/mol. The highest BCUT2D eigenvalue weighted by Crippen LogP contribution is 2.42. The van der Waals surface area contributed by atoms with Crippen LogP contribution in [0.15, 0.2) is 91.0 Å². The molecule has 1 aliphatic rings. The Morgan fingerprint density at radius 2 is 1.64 bits per heavy atom. The molecule has 1 nitrogen and oxygen atoms in total. The Bertz CT molecular complexity index is 1600. The first kappa shape index (κ1) is 25.3. The zero-order valence-electron chi connectivity index (χ0n) is 23.2. The lowest BCUT2D eigenvalue weighted by atomic mass is 9.83. The molecule has 0 spiro atoms. The molecule has 0 saturated carbocycles. The van der Waals surface area contributed by atoms with Crippen molar-refractivity contribution in [1.29, 1.82) is 0 Å². The summed E-state index contributed by atoms with van der Waals surface area (Å²) in [6.45, 7) is 4.69. The largest absolute Gasteiger partial charge is 0.312 e. The summed E-state index contributed by atoms with van der Waals surface area (Å²) in [5, 5.41) is 1.33. The molecule has 1 atom stereocenters. The van der Waals surface area contributed by atoms with Gasteiger partial charge in [-0.3, -0.25) is 0 Å². The Kier molecular flexibility index (Phi) is 7.38. The molecule has 0 N–H and O–H groups in total. The maximum atomic E-state index is 3.62. The van der Waals surface area contributed by atoms with Gasteiger partial charge >= 0.3 is 0 Å². The quantitative estimate of drug-likeness (QED) is 0.175. The third-order valence-electron chi connectivity index (χ3n) is 8.30. The van der Waals surface area contributed by atoms with Crippen molar-refractivity contribution in [3.05, 3.63) is 120 Å². The number of fused-ring (bicyclic) bond motifs is 3. The SMILES string of the molecule is CCCCCCC(C)c1c(-c2ccccc2-n2c3c(c4ccccc42)C=CCC3)c#ccc1-c1ccccc1. The molecule has 1 aromatic heterocycles. The third-order valence-corrected chi connectivity index (χ3v) is 8.30. The molecule has 0 radical (unpaired) electrons. The van der Waals surface area contributed by atoms with Gasteiger partial charge in [0.2, 0.25) is 0 Å². The third kappa shape index (κ3) is 4.81. The molecule has 6 rings (SSSR count). The highest BCUT2D eigenvalue weighted by atomic mass is 15.0. The summed E-state index contributed by atoms with van der Waals surface area (Å²) in [6, 6.07) is 37.8. The predicted octanol–water partition coefficient (Wildman–Crippen LogP) is 10.6. The Labute approximate surface area is 233 Å². The van der Waals surface area contributed by atoms with Crippen molar-refractivity contribution in [2.24, 2.45) is 0 Å². The Morgan fingerprint density at radius 1 is 0.846 bits per heavy atom. The number of benzene rings is 3. The molecule has 194 valence electrons. The van der Waals surface area contributed by atoms with Crippen LogP contribution < -0.4 is 0 Å². The lowest BCUT2D eigenvalue weighted by Crippen LogP contribution is -2.06. The molecule has 0 fully saturated rings. The number of aromatic nitrogens is 1. The van der Waals surface area contributed by atoms with Gasteiger partial charge in [-0.15, -0.1) is 0 Å². The van der Waals surface area contributed by atoms with Crippen LogP contribution in [0.3, 0.4) is 0 Å². The van der Waals surface area contributed by atoms with Gasteiger partial charge in [-0.2, -0.15) is 0 Å². The van der Waals surface area contributed by atoms with Crippen LogP contribution >= 0.6 is 0 Å². The molecule has 1 heteroatoms. The monoisotopic (exact) mass is 507 g/mol. The van der Waals surface area contributed by atoms with E-state index in [1.54, 1.807) is 0 Å². The number of allylic oxidation sites excluding steroid dienone is 1. The van der Waals surface area contributed by atoms with Gasteiger partial charge in [0.1, 0.15) is 0 Å². The van der Waals surface area contributed by atoms with E-state index in [4.69, 9.17) is 0 Å². The van der Waals surface area contributed by atoms with Crippen LogP contribution in [0, 0.1) is 12.1 Å². The number of hydrogen-bond acceptors (Lipinski definition) is 0. The lowest BCUT2D eigenvalue weighted by molar-refractivity contribution is 0.581. The van der Waals surface area contributed by atoms with E-state index in [0.29, 0.717) is 5.92 Å². The topological polar surface area (TPSA) is 4.93 Å². The molecule has 39 heavy (non-hydrogen) atoms. The second-order valence-corrected chi connectivity index (χ2v) is 10.9. The van der Waals surface area contributed by atoms with E-state index < -0.39 is 0 Å². The maximum Gasteiger partial charge on any atom is 0.0543 e. The fourth-order valence-electron chi connectivity index (χ4n) is 6.39. The molecule has 1 heterocycles. The van der Waals surface area contributed by atoms with E-state index in [-0.39, 0.29) is 0 Å². The van der Waals surface area contributed by atoms with Gasteiger partial charge < -0.3 is 4.57 Å². The molecular weight excluding hydrogens is 470 g/mol. The van der Waals surface area contributed by atoms with Gasteiger partial charge in [-0.25, -0.2) is 0 Å². The molecular formula is C38H37N. The predicted molar refractivity (Wildman–Crippen MR) is 166 cm³/mol. The van der Waals surface area contributed by atoms with Crippen LogP contribution in [0.25, 0.3) is 44.9 Å². The van der Waals surface area contributed by atoms with Crippen molar-refractivity contribution in [3.8, 4) is 27.9 Å². The molecule has 1 unspecified atom stereocenters. The standard InChI is InChI=1S/C38H37N/c1-3-4-5-7-17-28(2)38-30(29-18-8-6-9-19-29)23-16-24-34(38)33-22-12-15-27-37(33)39-35-25-13-10-20-31(35)32-21-11-14-26-36(32)39/h6,8-13,15,18-23,25,27-28H,3-5,7,14,17,26H2,1-2H3. The zero-order valence-corrected chi connectivity index (χ0v) is 23.2. The van der Waals surface area contributed by atoms with Crippen molar-refractivity contribution >= 4 is 17.0 Å². The molecule has 5 aromatic rings. The Hall–Kier alpha value is -4.02. The van der Waals surface area contributed by atoms with Gasteiger partial charge in [0, 0.05) is 27.8 Å². The van der Waals surface area contributed by atoms with E-state index in [1.807, 2.05) is 0 Å². The van der Waals surface area contributed by atoms with Gasteiger partial charge in [0.25, 0.3) is 0 Å². The van der Waals surface area contributed by atoms with Crippen LogP contribution in [-0.4, -0.2) is 4.57 Å². The summed E-state index contributed by atoms with van der Waals surface area (Å²) in [5.74, 6) is 0.421. The highest BCUT2D eigenvalue weighted by molar-refractivity contribution is 5.94. The fourth-order valence-corrected chi connectivity index (χ4v) is 6.39. The van der Waals surface area contributed by atoms with E-state index in [9.17, 15) is 0 Å². The van der Waals surface area contributed by atoms with E-state index in [2.05, 4.69) is 128 Å². The summed E-state index contributed by atoms with van der Waals surface area (Å²) in [7, 11) is 0. The van der Waals surface area contributed by atoms with E-state index >= 15 is 0 Å². The van der Waals surface area contributed by atoms with Crippen LogP contribution in [0.4, 0.5) is 0 Å². The van der Waals surface area contributed by atoms with Crippen LogP contribution in [0.1, 0.15) is 75.1 Å². The summed E-state index contributed by atoms with van der Waals surface area (Å²) in [5.41, 5.74) is 11.6. The summed E-state index contributed by atoms with van der Waals surface area (Å²) >= 11 is 0. The summed E-state index contributed by atoms with van der Waals surface area (Å²) in [6.07, 6.45) is 13.1. The number of hydrogen-bond donors (Lipinski definition) is 0. The van der Waals surface area contributed by atoms with Gasteiger partial charge in [-0.1, -0.05) is 131 Å². The minimum absolute atomic E-state index is 0.421. The van der Waals surface area contributed by atoms with Crippen molar-refractivity contribution in [3.63, 3.8) is 0 Å². The molecule has 0 amide bonds. The smallest absolute Gasteiger partial charge is 0.0543 e. The maximum absolute atomic E-state index is 3.62. The average Bonchev–Trinajstić information content (AvgIpc) is 3.33. The van der Waals surface area contributed by atoms with Crippen molar-refractivity contribution in [1.82, 2.24) is 4.57 Å². The summed E-state index contributed by atoms with van der Waals surface area (Å²) < 4.78 is 2.52. The molecule has 0 aliphatic heterocycles. The van der Waals surface area contributed by atoms with Crippen molar-refractivity contribution in [2.75, 3.05) is 0 Å². The lowest BCUT2D eigenvalue weighted by Gasteiger charge is -2.22. The molecule has 0 bridgehead atoms. The molecule has 0 saturated heterocycles. The van der Waals surface area contributed by atoms with Gasteiger partial charge in [0.05, 0.1) is 11.2 Å². The minimum atomic E-state index is 0.421. The minimum Gasteiger partial charge on any atom is -0.312 e. The van der Waals surface area contributed by atoms with Gasteiger partial charge in [-0.05, 0) is 60.1 Å². The number of para-hydroxylation sites is 2. The number of rotatable bonds is 9. The Balaban J connectivity index is 1.56. The Morgan fingerprint density at radius 3 is 2.51 bits per heavy atom. The van der Waals surface area contributed by atoms with E-state index in [0.717, 1.165) is 12.8 Å². The first-order chi connectivity index (χ1) is 19.3. The number of nitrogens with zero attached hydrogens (tertiary/aromatic N) is 1. The van der Waals surface area contributed by atoms with E-state index in [1.165, 1.54) is 87.8 Å².